The quantitative estimate of drug-likeness (QED) is 0.820. The average molecular weight is 379 g/mol. The maximum atomic E-state index is 13.7. The molecule has 1 amide bonds. The fraction of sp³-hybridized carbons (Fsp3) is 0.444. The standard InChI is InChI=1S/C18H20ClFN4O2/c19-15-2-1-13(7-16(15)20)9-22-10-14-8-21-12-24(14)17(11-22)18(25)23-3-5-26-6-4-23/h1-2,7-8,12,17H,3-6,9-11H2/t17-/m1/s1. The number of carbonyl (C=O) groups is 1. The molecule has 1 aromatic carbocycles. The molecule has 6 nitrogen and oxygen atoms in total. The number of ether oxygens (including phenoxy) is 1. The lowest BCUT2D eigenvalue weighted by Crippen LogP contribution is -2.49. The van der Waals surface area contributed by atoms with E-state index in [4.69, 9.17) is 16.3 Å². The van der Waals surface area contributed by atoms with Crippen LogP contribution >= 0.6 is 11.6 Å². The number of fused-ring (bicyclic) bond motifs is 1. The first-order valence-electron chi connectivity index (χ1n) is 8.65. The third-order valence-electron chi connectivity index (χ3n) is 4.90. The highest BCUT2D eigenvalue weighted by Gasteiger charge is 2.33. The van der Waals surface area contributed by atoms with Gasteiger partial charge in [0, 0.05) is 38.9 Å². The van der Waals surface area contributed by atoms with Crippen molar-refractivity contribution in [2.75, 3.05) is 32.8 Å². The van der Waals surface area contributed by atoms with Crippen molar-refractivity contribution in [2.45, 2.75) is 19.1 Å². The Hall–Kier alpha value is -1.96. The third-order valence-corrected chi connectivity index (χ3v) is 5.20. The molecular weight excluding hydrogens is 359 g/mol. The largest absolute Gasteiger partial charge is 0.378 e. The number of rotatable bonds is 3. The van der Waals surface area contributed by atoms with E-state index < -0.39 is 5.82 Å². The van der Waals surface area contributed by atoms with Crippen LogP contribution in [-0.2, 0) is 22.6 Å². The van der Waals surface area contributed by atoms with Crippen LogP contribution in [0.4, 0.5) is 4.39 Å². The van der Waals surface area contributed by atoms with Crippen molar-refractivity contribution in [3.8, 4) is 0 Å². The van der Waals surface area contributed by atoms with Crippen molar-refractivity contribution in [2.24, 2.45) is 0 Å². The highest BCUT2D eigenvalue weighted by Crippen LogP contribution is 2.25. The van der Waals surface area contributed by atoms with Gasteiger partial charge in [0.2, 0.25) is 5.91 Å². The summed E-state index contributed by atoms with van der Waals surface area (Å²) in [6.45, 7) is 4.14. The Balaban J connectivity index is 1.53. The third kappa shape index (κ3) is 3.47. The predicted octanol–water partition coefficient (Wildman–Crippen LogP) is 2.09. The van der Waals surface area contributed by atoms with Gasteiger partial charge < -0.3 is 14.2 Å². The zero-order valence-electron chi connectivity index (χ0n) is 14.3. The molecule has 1 saturated heterocycles. The van der Waals surface area contributed by atoms with Crippen molar-refractivity contribution in [1.82, 2.24) is 19.4 Å². The van der Waals surface area contributed by atoms with Crippen LogP contribution in [0.5, 0.6) is 0 Å². The van der Waals surface area contributed by atoms with E-state index in [-0.39, 0.29) is 17.0 Å². The maximum Gasteiger partial charge on any atom is 0.247 e. The lowest BCUT2D eigenvalue weighted by molar-refractivity contribution is -0.140. The lowest BCUT2D eigenvalue weighted by atomic mass is 10.1. The molecule has 1 aromatic heterocycles. The van der Waals surface area contributed by atoms with Crippen LogP contribution in [0, 0.1) is 5.82 Å². The highest BCUT2D eigenvalue weighted by molar-refractivity contribution is 6.30. The molecule has 0 unspecified atom stereocenters. The average Bonchev–Trinajstić information content (AvgIpc) is 3.13. The molecule has 0 saturated carbocycles. The van der Waals surface area contributed by atoms with E-state index in [0.29, 0.717) is 45.9 Å². The number of hydrogen-bond acceptors (Lipinski definition) is 4. The number of imidazole rings is 1. The first-order chi connectivity index (χ1) is 12.6. The molecule has 8 heteroatoms. The SMILES string of the molecule is O=C([C@H]1CN(Cc2ccc(Cl)c(F)c2)Cc2cncn21)N1CCOCC1. The van der Waals surface area contributed by atoms with Crippen molar-refractivity contribution < 1.29 is 13.9 Å². The molecule has 26 heavy (non-hydrogen) atoms. The minimum atomic E-state index is -0.424. The smallest absolute Gasteiger partial charge is 0.247 e. The fourth-order valence-electron chi connectivity index (χ4n) is 3.57. The van der Waals surface area contributed by atoms with Crippen molar-refractivity contribution >= 4 is 17.5 Å². The van der Waals surface area contributed by atoms with E-state index in [1.54, 1.807) is 18.6 Å². The Labute approximate surface area is 156 Å². The van der Waals surface area contributed by atoms with Gasteiger partial charge in [-0.3, -0.25) is 9.69 Å². The molecular formula is C18H20ClFN4O2. The van der Waals surface area contributed by atoms with Crippen LogP contribution in [0.2, 0.25) is 5.02 Å². The molecule has 0 aliphatic carbocycles. The van der Waals surface area contributed by atoms with Gasteiger partial charge in [0.15, 0.2) is 0 Å². The van der Waals surface area contributed by atoms with Crippen LogP contribution < -0.4 is 0 Å². The number of morpholine rings is 1. The van der Waals surface area contributed by atoms with E-state index in [1.807, 2.05) is 15.5 Å². The maximum absolute atomic E-state index is 13.7. The minimum Gasteiger partial charge on any atom is -0.378 e. The summed E-state index contributed by atoms with van der Waals surface area (Å²) >= 11 is 5.77. The monoisotopic (exact) mass is 378 g/mol. The minimum absolute atomic E-state index is 0.0829. The second-order valence-corrected chi connectivity index (χ2v) is 7.07. The molecule has 0 N–H and O–H groups in total. The molecule has 0 bridgehead atoms. The summed E-state index contributed by atoms with van der Waals surface area (Å²) in [6, 6.07) is 4.51. The normalized spacial score (nSPS) is 20.8. The lowest BCUT2D eigenvalue weighted by Gasteiger charge is -2.37. The molecule has 138 valence electrons. The van der Waals surface area contributed by atoms with Gasteiger partial charge in [-0.15, -0.1) is 0 Å². The molecule has 0 radical (unpaired) electrons. The first kappa shape index (κ1) is 17.5. The van der Waals surface area contributed by atoms with E-state index in [1.165, 1.54) is 6.07 Å². The number of carbonyl (C=O) groups excluding carboxylic acids is 1. The Morgan fingerprint density at radius 3 is 2.92 bits per heavy atom. The van der Waals surface area contributed by atoms with Gasteiger partial charge in [-0.1, -0.05) is 17.7 Å². The zero-order valence-corrected chi connectivity index (χ0v) is 15.0. The summed E-state index contributed by atoms with van der Waals surface area (Å²) in [6.07, 6.45) is 3.51. The van der Waals surface area contributed by atoms with E-state index in [9.17, 15) is 9.18 Å². The van der Waals surface area contributed by atoms with Crippen LogP contribution in [-0.4, -0.2) is 58.1 Å². The topological polar surface area (TPSA) is 50.6 Å². The van der Waals surface area contributed by atoms with Crippen molar-refractivity contribution in [3.05, 3.63) is 52.8 Å². The number of nitrogens with zero attached hydrogens (tertiary/aromatic N) is 4. The second-order valence-electron chi connectivity index (χ2n) is 6.66. The van der Waals surface area contributed by atoms with Gasteiger partial charge in [-0.2, -0.15) is 0 Å². The number of amides is 1. The van der Waals surface area contributed by atoms with Crippen LogP contribution in [0.15, 0.2) is 30.7 Å². The van der Waals surface area contributed by atoms with Gasteiger partial charge in [0.25, 0.3) is 0 Å². The Bertz CT molecular complexity index is 806. The fourth-order valence-corrected chi connectivity index (χ4v) is 3.69. The van der Waals surface area contributed by atoms with Crippen molar-refractivity contribution in [1.29, 1.82) is 0 Å². The Morgan fingerprint density at radius 2 is 2.15 bits per heavy atom. The van der Waals surface area contributed by atoms with Gasteiger partial charge >= 0.3 is 0 Å². The summed E-state index contributed by atoms with van der Waals surface area (Å²) < 4.78 is 21.0. The van der Waals surface area contributed by atoms with Gasteiger partial charge in [0.1, 0.15) is 11.9 Å². The Kier molecular flexibility index (Phi) is 4.93. The summed E-state index contributed by atoms with van der Waals surface area (Å²) in [5, 5.41) is 0.117. The van der Waals surface area contributed by atoms with E-state index >= 15 is 0 Å². The van der Waals surface area contributed by atoms with Gasteiger partial charge in [-0.25, -0.2) is 9.37 Å². The Morgan fingerprint density at radius 1 is 1.35 bits per heavy atom. The molecule has 2 aliphatic heterocycles. The van der Waals surface area contributed by atoms with Crippen LogP contribution in [0.25, 0.3) is 0 Å². The summed E-state index contributed by atoms with van der Waals surface area (Å²) in [5.41, 5.74) is 1.81. The summed E-state index contributed by atoms with van der Waals surface area (Å²) in [7, 11) is 0. The van der Waals surface area contributed by atoms with Crippen LogP contribution in [0.1, 0.15) is 17.3 Å². The molecule has 2 aliphatic rings. The summed E-state index contributed by atoms with van der Waals surface area (Å²) in [5.74, 6) is -0.341. The van der Waals surface area contributed by atoms with Gasteiger partial charge in [0.05, 0.1) is 30.3 Å². The highest BCUT2D eigenvalue weighted by atomic mass is 35.5. The number of hydrogen-bond donors (Lipinski definition) is 0. The molecule has 2 aromatic rings. The zero-order chi connectivity index (χ0) is 18.1. The van der Waals surface area contributed by atoms with E-state index in [0.717, 1.165) is 11.3 Å². The molecule has 4 rings (SSSR count). The molecule has 1 atom stereocenters. The second kappa shape index (κ2) is 7.34. The molecule has 3 heterocycles. The number of benzene rings is 1. The van der Waals surface area contributed by atoms with Gasteiger partial charge in [-0.05, 0) is 17.7 Å². The number of halogens is 2. The van der Waals surface area contributed by atoms with E-state index in [2.05, 4.69) is 9.88 Å². The first-order valence-corrected chi connectivity index (χ1v) is 9.03. The van der Waals surface area contributed by atoms with Crippen LogP contribution in [0.3, 0.4) is 0 Å². The summed E-state index contributed by atoms with van der Waals surface area (Å²) in [4.78, 5) is 21.2. The molecule has 1 fully saturated rings. The molecule has 0 spiro atoms. The van der Waals surface area contributed by atoms with Crippen molar-refractivity contribution in [3.63, 3.8) is 0 Å². The number of aromatic nitrogens is 2. The predicted molar refractivity (Wildman–Crippen MR) is 94.2 cm³/mol.